The number of benzene rings is 1. The standard InChI is InChI=1S/C22H19FN6O2/c1-22(31)6-8-28(12-22)18-5-7-29(27-18)17-9-15(26-16-11-25-21(30)20(16)17)19-13(10-24)3-2-4-14(19)23/h2-5,7,9,31H,6,8,11-12H2,1H3,(H,25,30)/i1D2,6D2,8D2,12D2. The molecule has 4 heterocycles. The zero-order chi connectivity index (χ0) is 28.7. The number of halogens is 1. The molecule has 8 nitrogen and oxygen atoms in total. The van der Waals surface area contributed by atoms with E-state index in [1.54, 1.807) is 0 Å². The van der Waals surface area contributed by atoms with Crippen molar-refractivity contribution in [1.82, 2.24) is 20.1 Å². The van der Waals surface area contributed by atoms with Crippen molar-refractivity contribution in [2.24, 2.45) is 0 Å². The molecule has 2 aliphatic rings. The highest BCUT2D eigenvalue weighted by Crippen LogP contribution is 2.32. The topological polar surface area (TPSA) is 107 Å². The van der Waals surface area contributed by atoms with E-state index in [0.717, 1.165) is 16.8 Å². The molecule has 0 radical (unpaired) electrons. The van der Waals surface area contributed by atoms with Crippen molar-refractivity contribution < 1.29 is 25.3 Å². The first kappa shape index (κ1) is 12.2. The summed E-state index contributed by atoms with van der Waals surface area (Å²) in [4.78, 5) is 17.2. The summed E-state index contributed by atoms with van der Waals surface area (Å²) in [7, 11) is 0. The van der Waals surface area contributed by atoms with E-state index in [1.807, 2.05) is 6.07 Å². The van der Waals surface area contributed by atoms with Crippen LogP contribution >= 0.6 is 0 Å². The average molecular weight is 426 g/mol. The van der Waals surface area contributed by atoms with Crippen LogP contribution in [0.15, 0.2) is 36.5 Å². The first-order valence-electron chi connectivity index (χ1n) is 13.2. The zero-order valence-electron chi connectivity index (χ0n) is 23.7. The Hall–Kier alpha value is -3.77. The molecule has 1 saturated heterocycles. The Morgan fingerprint density at radius 1 is 1.42 bits per heavy atom. The van der Waals surface area contributed by atoms with Crippen LogP contribution in [0.1, 0.15) is 45.8 Å². The second kappa shape index (κ2) is 6.89. The zero-order valence-corrected chi connectivity index (χ0v) is 15.7. The lowest BCUT2D eigenvalue weighted by Crippen LogP contribution is -2.29. The van der Waals surface area contributed by atoms with Crippen LogP contribution in [0.4, 0.5) is 10.2 Å². The maximum atomic E-state index is 14.8. The monoisotopic (exact) mass is 426 g/mol. The number of nitrogens with zero attached hydrogens (tertiary/aromatic N) is 5. The number of amides is 1. The van der Waals surface area contributed by atoms with Crippen molar-refractivity contribution >= 4 is 11.7 Å². The summed E-state index contributed by atoms with van der Waals surface area (Å²) < 4.78 is 80.8. The van der Waals surface area contributed by atoms with E-state index in [0.29, 0.717) is 0 Å². The van der Waals surface area contributed by atoms with E-state index in [1.165, 1.54) is 24.4 Å². The smallest absolute Gasteiger partial charge is 0.255 e. The van der Waals surface area contributed by atoms with Crippen LogP contribution in [0.3, 0.4) is 0 Å². The molecule has 1 atom stereocenters. The van der Waals surface area contributed by atoms with Gasteiger partial charge in [0.05, 0.1) is 54.7 Å². The van der Waals surface area contributed by atoms with E-state index in [9.17, 15) is 19.6 Å². The molecule has 3 aromatic rings. The van der Waals surface area contributed by atoms with Crippen LogP contribution in [0.5, 0.6) is 0 Å². The highest BCUT2D eigenvalue weighted by atomic mass is 19.1. The van der Waals surface area contributed by atoms with Crippen LogP contribution in [-0.4, -0.2) is 44.4 Å². The van der Waals surface area contributed by atoms with Gasteiger partial charge in [-0.1, -0.05) is 6.07 Å². The van der Waals surface area contributed by atoms with Gasteiger partial charge in [-0.2, -0.15) is 10.4 Å². The number of carbonyl (C=O) groups excluding carboxylic acids is 1. The van der Waals surface area contributed by atoms with Gasteiger partial charge in [0, 0.05) is 33.5 Å². The maximum Gasteiger partial charge on any atom is 0.255 e. The average Bonchev–Trinajstić information content (AvgIpc) is 3.50. The highest BCUT2D eigenvalue weighted by molar-refractivity contribution is 6.01. The lowest BCUT2D eigenvalue weighted by molar-refractivity contribution is 0.0838. The van der Waals surface area contributed by atoms with Crippen LogP contribution in [0, 0.1) is 17.1 Å². The van der Waals surface area contributed by atoms with Crippen LogP contribution in [-0.2, 0) is 6.54 Å². The number of aromatic nitrogens is 3. The van der Waals surface area contributed by atoms with Crippen molar-refractivity contribution in [3.63, 3.8) is 0 Å². The van der Waals surface area contributed by atoms with Crippen molar-refractivity contribution in [2.45, 2.75) is 25.4 Å². The highest BCUT2D eigenvalue weighted by Gasteiger charge is 2.33. The van der Waals surface area contributed by atoms with Gasteiger partial charge in [0.25, 0.3) is 5.91 Å². The fourth-order valence-corrected chi connectivity index (χ4v) is 3.45. The minimum Gasteiger partial charge on any atom is -0.388 e. The molecule has 0 saturated carbocycles. The fraction of sp³-hybridized carbons (Fsp3) is 0.273. The molecule has 1 fully saturated rings. The lowest BCUT2D eigenvalue weighted by Gasteiger charge is -2.18. The maximum absolute atomic E-state index is 14.8. The molecule has 2 N–H and O–H groups in total. The molecule has 2 aromatic heterocycles. The first-order chi connectivity index (χ1) is 18.1. The summed E-state index contributed by atoms with van der Waals surface area (Å²) in [5, 5.41) is 27.1. The first-order valence-corrected chi connectivity index (χ1v) is 9.05. The Morgan fingerprint density at radius 2 is 2.29 bits per heavy atom. The van der Waals surface area contributed by atoms with Crippen LogP contribution in [0.2, 0.25) is 0 Å². The Kier molecular flexibility index (Phi) is 2.71. The number of carbonyl (C=O) groups is 1. The number of nitrogens with one attached hydrogen (secondary N) is 1. The van der Waals surface area contributed by atoms with E-state index in [4.69, 9.17) is 11.0 Å². The van der Waals surface area contributed by atoms with E-state index in [-0.39, 0.29) is 45.2 Å². The third kappa shape index (κ3) is 3.21. The van der Waals surface area contributed by atoms with Crippen molar-refractivity contribution in [2.75, 3.05) is 17.9 Å². The summed E-state index contributed by atoms with van der Waals surface area (Å²) in [6.07, 6.45) is -2.21. The van der Waals surface area contributed by atoms with Crippen LogP contribution < -0.4 is 10.2 Å². The SMILES string of the molecule is [2H]C([2H])C1(O)C([2H])([2H])N(c2ccn(-c3cc(-c4c(F)cccc4C#N)nc4c3C(=O)NC4)n2)C([2H])([2H])C1([2H])[2H]. The number of β-amino-alcohol motifs (C(OH)–C–C–N with tert-alkyl or cyclic N) is 1. The van der Waals surface area contributed by atoms with Gasteiger partial charge in [0.2, 0.25) is 0 Å². The number of rotatable bonds is 3. The lowest BCUT2D eigenvalue weighted by atomic mass is 10.0. The van der Waals surface area contributed by atoms with Crippen molar-refractivity contribution in [3.05, 3.63) is 59.2 Å². The Morgan fingerprint density at radius 3 is 3.06 bits per heavy atom. The molecule has 156 valence electrons. The van der Waals surface area contributed by atoms with Gasteiger partial charge >= 0.3 is 0 Å². The van der Waals surface area contributed by atoms with Gasteiger partial charge in [0.15, 0.2) is 5.82 Å². The summed E-state index contributed by atoms with van der Waals surface area (Å²) in [5.41, 5.74) is -3.29. The summed E-state index contributed by atoms with van der Waals surface area (Å²) in [6.45, 7) is -9.12. The Labute approximate surface area is 188 Å². The molecular formula is C22H19FN6O2. The normalized spacial score (nSPS) is 28.7. The summed E-state index contributed by atoms with van der Waals surface area (Å²) >= 11 is 0. The number of aliphatic hydroxyl groups is 1. The van der Waals surface area contributed by atoms with Gasteiger partial charge in [-0.3, -0.25) is 4.79 Å². The predicted molar refractivity (Wildman–Crippen MR) is 110 cm³/mol. The largest absolute Gasteiger partial charge is 0.388 e. The number of fused-ring (bicyclic) bond motifs is 1. The predicted octanol–water partition coefficient (Wildman–Crippen LogP) is 2.15. The summed E-state index contributed by atoms with van der Waals surface area (Å²) in [6, 6.07) is 8.16. The quantitative estimate of drug-likeness (QED) is 0.665. The van der Waals surface area contributed by atoms with Gasteiger partial charge in [-0.05, 0) is 31.4 Å². The molecule has 2 aliphatic heterocycles. The molecule has 1 amide bonds. The third-order valence-corrected chi connectivity index (χ3v) is 4.80. The van der Waals surface area contributed by atoms with Crippen molar-refractivity contribution in [3.8, 4) is 23.0 Å². The molecule has 1 unspecified atom stereocenters. The number of hydrogen-bond donors (Lipinski definition) is 2. The Balaban J connectivity index is 1.70. The molecular weight excluding hydrogens is 399 g/mol. The molecule has 0 bridgehead atoms. The molecule has 0 aliphatic carbocycles. The number of nitriles is 1. The molecule has 0 spiro atoms. The van der Waals surface area contributed by atoms with Gasteiger partial charge in [0.1, 0.15) is 5.82 Å². The fourth-order valence-electron chi connectivity index (χ4n) is 3.45. The molecule has 1 aromatic carbocycles. The molecule has 31 heavy (non-hydrogen) atoms. The molecule has 5 rings (SSSR count). The molecule has 9 heteroatoms. The summed E-state index contributed by atoms with van der Waals surface area (Å²) in [5.74, 6) is -1.81. The van der Waals surface area contributed by atoms with E-state index >= 15 is 0 Å². The minimum absolute atomic E-state index is 0.00394. The third-order valence-electron chi connectivity index (χ3n) is 4.80. The second-order valence-corrected chi connectivity index (χ2v) is 6.87. The number of pyridine rings is 1. The number of hydrogen-bond acceptors (Lipinski definition) is 6. The number of anilines is 1. The minimum atomic E-state index is -3.43. The Bertz CT molecular complexity index is 1570. The van der Waals surface area contributed by atoms with E-state index < -0.39 is 49.4 Å². The second-order valence-electron chi connectivity index (χ2n) is 6.87. The van der Waals surface area contributed by atoms with Crippen molar-refractivity contribution in [1.29, 1.82) is 5.26 Å². The van der Waals surface area contributed by atoms with Crippen LogP contribution in [0.25, 0.3) is 16.9 Å². The van der Waals surface area contributed by atoms with Gasteiger partial charge in [-0.15, -0.1) is 0 Å². The van der Waals surface area contributed by atoms with E-state index in [2.05, 4.69) is 15.4 Å². The van der Waals surface area contributed by atoms with Gasteiger partial charge in [-0.25, -0.2) is 14.1 Å². The van der Waals surface area contributed by atoms with Gasteiger partial charge < -0.3 is 15.3 Å².